The zero-order valence-electron chi connectivity index (χ0n) is 14.8. The maximum Gasteiger partial charge on any atom is 0.410 e. The molecule has 2 aliphatic carbocycles. The minimum Gasteiger partial charge on any atom is -0.444 e. The zero-order chi connectivity index (χ0) is 16.9. The molecule has 2 fully saturated rings. The number of aromatic nitrogens is 2. The predicted octanol–water partition coefficient (Wildman–Crippen LogP) is 2.51. The molecule has 1 saturated heterocycles. The molecule has 0 unspecified atom stereocenters. The van der Waals surface area contributed by atoms with Crippen molar-refractivity contribution in [3.8, 4) is 0 Å². The van der Waals surface area contributed by atoms with E-state index in [-0.39, 0.29) is 6.09 Å². The van der Waals surface area contributed by atoms with Gasteiger partial charge in [0.1, 0.15) is 17.7 Å². The summed E-state index contributed by atoms with van der Waals surface area (Å²) in [6.07, 6.45) is 6.39. The maximum atomic E-state index is 12.2. The summed E-state index contributed by atoms with van der Waals surface area (Å²) < 4.78 is 5.47. The average Bonchev–Trinajstić information content (AvgIpc) is 3.22. The number of rotatable bonds is 1. The van der Waals surface area contributed by atoms with E-state index in [1.165, 1.54) is 30.5 Å². The molecule has 0 bridgehead atoms. The monoisotopic (exact) mass is 330 g/mol. The molecule has 0 N–H and O–H groups in total. The quantitative estimate of drug-likeness (QED) is 0.792. The second kappa shape index (κ2) is 5.33. The van der Waals surface area contributed by atoms with E-state index >= 15 is 0 Å². The van der Waals surface area contributed by atoms with Crippen LogP contribution in [0, 0.1) is 0 Å². The first-order valence-electron chi connectivity index (χ1n) is 8.95. The first-order valence-corrected chi connectivity index (χ1v) is 8.95. The van der Waals surface area contributed by atoms with Gasteiger partial charge in [-0.2, -0.15) is 0 Å². The molecule has 1 aromatic heterocycles. The summed E-state index contributed by atoms with van der Waals surface area (Å²) in [6.45, 7) is 8.67. The lowest BCUT2D eigenvalue weighted by Crippen LogP contribution is -2.50. The van der Waals surface area contributed by atoms with E-state index < -0.39 is 5.60 Å². The number of fused-ring (bicyclic) bond motifs is 2. The second-order valence-electron chi connectivity index (χ2n) is 8.26. The fourth-order valence-electron chi connectivity index (χ4n) is 3.91. The molecule has 0 atom stereocenters. The van der Waals surface area contributed by atoms with Crippen LogP contribution >= 0.6 is 0 Å². The van der Waals surface area contributed by atoms with Crippen molar-refractivity contribution in [2.45, 2.75) is 57.5 Å². The topological polar surface area (TPSA) is 58.6 Å². The molecule has 6 nitrogen and oxygen atoms in total. The van der Waals surface area contributed by atoms with E-state index in [2.05, 4.69) is 14.9 Å². The van der Waals surface area contributed by atoms with E-state index in [0.717, 1.165) is 25.3 Å². The Bertz CT molecular complexity index is 655. The summed E-state index contributed by atoms with van der Waals surface area (Å²) in [5.74, 6) is 1.09. The largest absolute Gasteiger partial charge is 0.444 e. The van der Waals surface area contributed by atoms with Gasteiger partial charge < -0.3 is 14.5 Å². The number of hydrogen-bond acceptors (Lipinski definition) is 5. The van der Waals surface area contributed by atoms with E-state index in [1.807, 2.05) is 20.8 Å². The van der Waals surface area contributed by atoms with Gasteiger partial charge in [0.05, 0.1) is 5.69 Å². The number of nitrogens with zero attached hydrogens (tertiary/aromatic N) is 4. The van der Waals surface area contributed by atoms with Crippen molar-refractivity contribution in [3.63, 3.8) is 0 Å². The molecule has 0 aromatic carbocycles. The molecular formula is C18H26N4O2. The van der Waals surface area contributed by atoms with Crippen molar-refractivity contribution in [2.24, 2.45) is 0 Å². The first-order chi connectivity index (χ1) is 11.4. The van der Waals surface area contributed by atoms with Crippen LogP contribution in [0.1, 0.15) is 51.3 Å². The molecule has 1 spiro atoms. The SMILES string of the molecule is CC(C)(C)OC(=O)N1CCN(c2ncnc3c2CCC32CC2)CC1. The van der Waals surface area contributed by atoms with Gasteiger partial charge in [0.2, 0.25) is 0 Å². The van der Waals surface area contributed by atoms with Gasteiger partial charge in [0.25, 0.3) is 0 Å². The third-order valence-electron chi connectivity index (χ3n) is 5.36. The van der Waals surface area contributed by atoms with Crippen molar-refractivity contribution < 1.29 is 9.53 Å². The fraction of sp³-hybridized carbons (Fsp3) is 0.722. The number of ether oxygens (including phenoxy) is 1. The molecule has 1 saturated carbocycles. The Balaban J connectivity index is 1.44. The molecule has 130 valence electrons. The van der Waals surface area contributed by atoms with Gasteiger partial charge in [-0.05, 0) is 46.5 Å². The number of amides is 1. The molecule has 1 aliphatic heterocycles. The van der Waals surface area contributed by atoms with Gasteiger partial charge in [-0.1, -0.05) is 0 Å². The Morgan fingerprint density at radius 3 is 2.46 bits per heavy atom. The molecule has 2 heterocycles. The van der Waals surface area contributed by atoms with E-state index in [9.17, 15) is 4.79 Å². The molecule has 1 amide bonds. The highest BCUT2D eigenvalue weighted by atomic mass is 16.6. The molecule has 0 radical (unpaired) electrons. The van der Waals surface area contributed by atoms with Crippen LogP contribution in [0.5, 0.6) is 0 Å². The van der Waals surface area contributed by atoms with Gasteiger partial charge in [0, 0.05) is 37.2 Å². The third kappa shape index (κ3) is 2.72. The van der Waals surface area contributed by atoms with Gasteiger partial charge in [-0.3, -0.25) is 0 Å². The van der Waals surface area contributed by atoms with Crippen LogP contribution in [-0.4, -0.2) is 52.7 Å². The predicted molar refractivity (Wildman–Crippen MR) is 91.3 cm³/mol. The van der Waals surface area contributed by atoms with Crippen LogP contribution in [0.25, 0.3) is 0 Å². The highest BCUT2D eigenvalue weighted by Crippen LogP contribution is 2.56. The van der Waals surface area contributed by atoms with E-state index in [0.29, 0.717) is 18.5 Å². The Hall–Kier alpha value is -1.85. The summed E-state index contributed by atoms with van der Waals surface area (Å²) in [5, 5.41) is 0. The van der Waals surface area contributed by atoms with Crippen LogP contribution in [-0.2, 0) is 16.6 Å². The van der Waals surface area contributed by atoms with Crippen LogP contribution in [0.15, 0.2) is 6.33 Å². The van der Waals surface area contributed by atoms with Gasteiger partial charge in [-0.25, -0.2) is 14.8 Å². The number of piperazine rings is 1. The summed E-state index contributed by atoms with van der Waals surface area (Å²) in [4.78, 5) is 25.5. The highest BCUT2D eigenvalue weighted by molar-refractivity contribution is 5.68. The Morgan fingerprint density at radius 1 is 1.12 bits per heavy atom. The summed E-state index contributed by atoms with van der Waals surface area (Å²) in [5.41, 5.74) is 2.58. The molecule has 24 heavy (non-hydrogen) atoms. The molecule has 1 aromatic rings. The minimum atomic E-state index is -0.444. The lowest BCUT2D eigenvalue weighted by Gasteiger charge is -2.36. The normalized spacial score (nSPS) is 21.8. The lowest BCUT2D eigenvalue weighted by atomic mass is 10.1. The van der Waals surface area contributed by atoms with Crippen molar-refractivity contribution >= 4 is 11.9 Å². The lowest BCUT2D eigenvalue weighted by molar-refractivity contribution is 0.0240. The molecular weight excluding hydrogens is 304 g/mol. The summed E-state index contributed by atoms with van der Waals surface area (Å²) in [6, 6.07) is 0. The van der Waals surface area contributed by atoms with Crippen molar-refractivity contribution in [3.05, 3.63) is 17.6 Å². The molecule has 3 aliphatic rings. The van der Waals surface area contributed by atoms with Crippen molar-refractivity contribution in [1.82, 2.24) is 14.9 Å². The zero-order valence-corrected chi connectivity index (χ0v) is 14.8. The van der Waals surface area contributed by atoms with Gasteiger partial charge >= 0.3 is 6.09 Å². The summed E-state index contributed by atoms with van der Waals surface area (Å²) >= 11 is 0. The van der Waals surface area contributed by atoms with E-state index in [4.69, 9.17) is 4.74 Å². The first kappa shape index (κ1) is 15.7. The van der Waals surface area contributed by atoms with Crippen LogP contribution in [0.3, 0.4) is 0 Å². The second-order valence-corrected chi connectivity index (χ2v) is 8.26. The average molecular weight is 330 g/mol. The van der Waals surface area contributed by atoms with E-state index in [1.54, 1.807) is 11.2 Å². The Morgan fingerprint density at radius 2 is 1.83 bits per heavy atom. The van der Waals surface area contributed by atoms with Crippen LogP contribution in [0.2, 0.25) is 0 Å². The smallest absolute Gasteiger partial charge is 0.410 e. The van der Waals surface area contributed by atoms with Crippen molar-refractivity contribution in [2.75, 3.05) is 31.1 Å². The minimum absolute atomic E-state index is 0.216. The maximum absolute atomic E-state index is 12.2. The Labute approximate surface area is 143 Å². The standard InChI is InChI=1S/C18H26N4O2/c1-17(2,3)24-16(23)22-10-8-21(9-11-22)15-13-4-5-18(6-7-18)14(13)19-12-20-15/h12H,4-11H2,1-3H3. The van der Waals surface area contributed by atoms with Gasteiger partial charge in [0.15, 0.2) is 0 Å². The highest BCUT2D eigenvalue weighted by Gasteiger charge is 2.51. The van der Waals surface area contributed by atoms with Gasteiger partial charge in [-0.15, -0.1) is 0 Å². The van der Waals surface area contributed by atoms with Crippen molar-refractivity contribution in [1.29, 1.82) is 0 Å². The Kier molecular flexibility index (Phi) is 3.48. The fourth-order valence-corrected chi connectivity index (χ4v) is 3.91. The number of carbonyl (C=O) groups excluding carboxylic acids is 1. The number of carbonyl (C=O) groups is 1. The number of anilines is 1. The van der Waals surface area contributed by atoms with Crippen LogP contribution in [0.4, 0.5) is 10.6 Å². The summed E-state index contributed by atoms with van der Waals surface area (Å²) in [7, 11) is 0. The molecule has 6 heteroatoms. The number of hydrogen-bond donors (Lipinski definition) is 0. The van der Waals surface area contributed by atoms with Crippen LogP contribution < -0.4 is 4.90 Å². The molecule has 4 rings (SSSR count). The third-order valence-corrected chi connectivity index (χ3v) is 5.36.